The predicted octanol–water partition coefficient (Wildman–Crippen LogP) is 2.31. The Morgan fingerprint density at radius 3 is 2.29 bits per heavy atom. The molecular weight excluding hydrogens is 354 g/mol. The van der Waals surface area contributed by atoms with Gasteiger partial charge in [-0.1, -0.05) is 56.3 Å². The van der Waals surface area contributed by atoms with Crippen molar-refractivity contribution >= 4 is 5.91 Å². The van der Waals surface area contributed by atoms with Gasteiger partial charge in [-0.3, -0.25) is 15.5 Å². The Bertz CT molecular complexity index is 833. The number of rotatable bonds is 6. The van der Waals surface area contributed by atoms with Crippen LogP contribution in [0, 0.1) is 0 Å². The lowest BCUT2D eigenvalue weighted by atomic mass is 10.0. The van der Waals surface area contributed by atoms with E-state index in [1.165, 1.54) is 10.5 Å². The van der Waals surface area contributed by atoms with E-state index in [-0.39, 0.29) is 18.1 Å². The molecule has 0 bridgehead atoms. The summed E-state index contributed by atoms with van der Waals surface area (Å²) in [6.45, 7) is 6.02. The van der Waals surface area contributed by atoms with Gasteiger partial charge in [-0.2, -0.15) is 0 Å². The van der Waals surface area contributed by atoms with Crippen LogP contribution in [0.1, 0.15) is 29.3 Å². The number of aliphatic hydroxyl groups is 1. The van der Waals surface area contributed by atoms with Crippen molar-refractivity contribution in [1.29, 1.82) is 0 Å². The average Bonchev–Trinajstić information content (AvgIpc) is 3.02. The standard InChI is InChI=1S/C22H27N3O3/c1-3-4-15-5-7-16(8-6-15)17-9-11-18(12-10-17)22(27)25-13-19(23)21(26)20(25)14(2)24-28/h5-12,19-21,24,26,28H,2-4,13,23H2,1H3/t19-,20-,21+/m1/s1. The number of nitrogens with one attached hydrogen (secondary N) is 1. The molecule has 0 radical (unpaired) electrons. The Labute approximate surface area is 165 Å². The first-order chi connectivity index (χ1) is 13.5. The van der Waals surface area contributed by atoms with E-state index in [9.17, 15) is 9.90 Å². The van der Waals surface area contributed by atoms with E-state index in [2.05, 4.69) is 37.8 Å². The number of hydroxylamine groups is 1. The van der Waals surface area contributed by atoms with Crippen LogP contribution in [0.4, 0.5) is 0 Å². The molecule has 6 heteroatoms. The van der Waals surface area contributed by atoms with Gasteiger partial charge in [-0.05, 0) is 35.2 Å². The molecule has 1 heterocycles. The van der Waals surface area contributed by atoms with Crippen molar-refractivity contribution in [2.24, 2.45) is 5.73 Å². The van der Waals surface area contributed by atoms with Gasteiger partial charge in [0, 0.05) is 12.1 Å². The topological polar surface area (TPSA) is 98.8 Å². The fraction of sp³-hybridized carbons (Fsp3) is 0.318. The summed E-state index contributed by atoms with van der Waals surface area (Å²) in [4.78, 5) is 14.4. The van der Waals surface area contributed by atoms with Crippen LogP contribution in [0.15, 0.2) is 60.8 Å². The zero-order valence-corrected chi connectivity index (χ0v) is 16.0. The summed E-state index contributed by atoms with van der Waals surface area (Å²) in [7, 11) is 0. The van der Waals surface area contributed by atoms with Crippen molar-refractivity contribution in [2.45, 2.75) is 38.0 Å². The molecule has 5 N–H and O–H groups in total. The third-order valence-corrected chi connectivity index (χ3v) is 5.22. The van der Waals surface area contributed by atoms with Gasteiger partial charge in [0.25, 0.3) is 5.91 Å². The Balaban J connectivity index is 1.79. The average molecular weight is 381 g/mol. The van der Waals surface area contributed by atoms with Gasteiger partial charge in [0.2, 0.25) is 0 Å². The SMILES string of the molecule is C=C(NO)[C@@H]1[C@@H](O)[C@H](N)CN1C(=O)c1ccc(-c2ccc(CCC)cc2)cc1. The van der Waals surface area contributed by atoms with E-state index in [0.29, 0.717) is 5.56 Å². The molecule has 0 saturated carbocycles. The van der Waals surface area contributed by atoms with Gasteiger partial charge in [-0.15, -0.1) is 0 Å². The minimum atomic E-state index is -0.989. The van der Waals surface area contributed by atoms with Gasteiger partial charge in [0.05, 0.1) is 17.8 Å². The predicted molar refractivity (Wildman–Crippen MR) is 109 cm³/mol. The highest BCUT2D eigenvalue weighted by molar-refractivity contribution is 5.95. The van der Waals surface area contributed by atoms with Gasteiger partial charge < -0.3 is 15.7 Å². The van der Waals surface area contributed by atoms with Crippen LogP contribution in [-0.2, 0) is 6.42 Å². The minimum absolute atomic E-state index is 0.137. The molecule has 0 spiro atoms. The van der Waals surface area contributed by atoms with Crippen LogP contribution in [0.5, 0.6) is 0 Å². The molecule has 6 nitrogen and oxygen atoms in total. The number of aryl methyl sites for hydroxylation is 1. The molecule has 3 rings (SSSR count). The summed E-state index contributed by atoms with van der Waals surface area (Å²) in [6.07, 6.45) is 1.19. The van der Waals surface area contributed by atoms with Crippen molar-refractivity contribution in [2.75, 3.05) is 6.54 Å². The molecular formula is C22H27N3O3. The van der Waals surface area contributed by atoms with Crippen LogP contribution in [0.3, 0.4) is 0 Å². The Morgan fingerprint density at radius 1 is 1.18 bits per heavy atom. The second-order valence-electron chi connectivity index (χ2n) is 7.22. The molecule has 1 saturated heterocycles. The lowest BCUT2D eigenvalue weighted by Crippen LogP contribution is -2.44. The van der Waals surface area contributed by atoms with Crippen molar-refractivity contribution in [3.8, 4) is 11.1 Å². The maximum absolute atomic E-state index is 12.9. The van der Waals surface area contributed by atoms with E-state index in [4.69, 9.17) is 10.9 Å². The number of benzene rings is 2. The molecule has 3 atom stereocenters. The molecule has 0 unspecified atom stereocenters. The molecule has 2 aromatic carbocycles. The van der Waals surface area contributed by atoms with Crippen LogP contribution in [-0.4, -0.2) is 45.9 Å². The molecule has 0 aliphatic carbocycles. The van der Waals surface area contributed by atoms with Crippen molar-refractivity contribution in [3.05, 3.63) is 71.9 Å². The Hall–Kier alpha value is -2.67. The number of hydrogen-bond donors (Lipinski definition) is 4. The van der Waals surface area contributed by atoms with Gasteiger partial charge in [0.15, 0.2) is 0 Å². The summed E-state index contributed by atoms with van der Waals surface area (Å²) in [5.41, 5.74) is 11.9. The summed E-state index contributed by atoms with van der Waals surface area (Å²) in [5, 5.41) is 19.4. The van der Waals surface area contributed by atoms with Crippen LogP contribution in [0.25, 0.3) is 11.1 Å². The fourth-order valence-electron chi connectivity index (χ4n) is 3.66. The van der Waals surface area contributed by atoms with E-state index in [1.54, 1.807) is 12.1 Å². The lowest BCUT2D eigenvalue weighted by molar-refractivity contribution is 0.0631. The summed E-state index contributed by atoms with van der Waals surface area (Å²) in [5.74, 6) is -0.266. The smallest absolute Gasteiger partial charge is 0.254 e. The van der Waals surface area contributed by atoms with E-state index in [1.807, 2.05) is 17.6 Å². The first-order valence-electron chi connectivity index (χ1n) is 9.49. The number of carbonyl (C=O) groups is 1. The highest BCUT2D eigenvalue weighted by Crippen LogP contribution is 2.26. The number of nitrogens with zero attached hydrogens (tertiary/aromatic N) is 1. The zero-order chi connectivity index (χ0) is 20.3. The number of aliphatic hydroxyl groups excluding tert-OH is 1. The minimum Gasteiger partial charge on any atom is -0.389 e. The number of likely N-dealkylation sites (tertiary alicyclic amines) is 1. The molecule has 1 aliphatic rings. The van der Waals surface area contributed by atoms with Gasteiger partial charge in [0.1, 0.15) is 6.04 Å². The third-order valence-electron chi connectivity index (χ3n) is 5.22. The maximum atomic E-state index is 12.9. The third kappa shape index (κ3) is 3.94. The van der Waals surface area contributed by atoms with Crippen molar-refractivity contribution < 1.29 is 15.1 Å². The second-order valence-corrected chi connectivity index (χ2v) is 7.22. The highest BCUT2D eigenvalue weighted by Gasteiger charge is 2.43. The number of hydrogen-bond acceptors (Lipinski definition) is 5. The van der Waals surface area contributed by atoms with Gasteiger partial charge >= 0.3 is 0 Å². The lowest BCUT2D eigenvalue weighted by Gasteiger charge is -2.27. The van der Waals surface area contributed by atoms with Crippen LogP contribution in [0.2, 0.25) is 0 Å². The summed E-state index contributed by atoms with van der Waals surface area (Å²) in [6, 6.07) is 14.4. The molecule has 1 aliphatic heterocycles. The largest absolute Gasteiger partial charge is 0.389 e. The quantitative estimate of drug-likeness (QED) is 0.576. The summed E-state index contributed by atoms with van der Waals surface area (Å²) >= 11 is 0. The first-order valence-corrected chi connectivity index (χ1v) is 9.49. The molecule has 2 aromatic rings. The van der Waals surface area contributed by atoms with E-state index in [0.717, 1.165) is 24.0 Å². The zero-order valence-electron chi connectivity index (χ0n) is 16.0. The molecule has 0 aromatic heterocycles. The fourth-order valence-corrected chi connectivity index (χ4v) is 3.66. The van der Waals surface area contributed by atoms with E-state index < -0.39 is 18.2 Å². The Morgan fingerprint density at radius 2 is 1.75 bits per heavy atom. The maximum Gasteiger partial charge on any atom is 0.254 e. The number of nitrogens with two attached hydrogens (primary N) is 1. The second kappa shape index (κ2) is 8.56. The Kier molecular flexibility index (Phi) is 6.14. The van der Waals surface area contributed by atoms with Crippen molar-refractivity contribution in [3.63, 3.8) is 0 Å². The first kappa shape index (κ1) is 20.1. The summed E-state index contributed by atoms with van der Waals surface area (Å²) < 4.78 is 0. The van der Waals surface area contributed by atoms with Crippen LogP contribution >= 0.6 is 0 Å². The van der Waals surface area contributed by atoms with Gasteiger partial charge in [-0.25, -0.2) is 0 Å². The monoisotopic (exact) mass is 381 g/mol. The number of carbonyl (C=O) groups excluding carboxylic acids is 1. The van der Waals surface area contributed by atoms with Crippen molar-refractivity contribution in [1.82, 2.24) is 10.4 Å². The molecule has 1 fully saturated rings. The highest BCUT2D eigenvalue weighted by atomic mass is 16.5. The van der Waals surface area contributed by atoms with E-state index >= 15 is 0 Å². The normalized spacial score (nSPS) is 21.6. The molecule has 28 heavy (non-hydrogen) atoms. The number of amides is 1. The molecule has 1 amide bonds. The molecule has 148 valence electrons. The van der Waals surface area contributed by atoms with Crippen LogP contribution < -0.4 is 11.2 Å².